The van der Waals surface area contributed by atoms with Gasteiger partial charge in [0.25, 0.3) is 0 Å². The summed E-state index contributed by atoms with van der Waals surface area (Å²) in [4.78, 5) is 0.000000000000000222. The second-order valence-corrected chi connectivity index (χ2v) is 3.45. The van der Waals surface area contributed by atoms with Crippen LogP contribution in [0.15, 0.2) is 11.5 Å². The maximum absolute atomic E-state index is 5.68. The van der Waals surface area contributed by atoms with Gasteiger partial charge in [0.1, 0.15) is 0 Å². The third kappa shape index (κ3) is 1.21. The van der Waals surface area contributed by atoms with Crippen molar-refractivity contribution >= 4 is 11.8 Å². The molecule has 1 rings (SSSR count). The largest absolute Gasteiger partial charge is 0.317 e. The van der Waals surface area contributed by atoms with Crippen LogP contribution in [0.25, 0.3) is 0 Å². The molecule has 0 saturated heterocycles. The Kier molecular flexibility index (Phi) is 1.13. The molecule has 1 unspecified atom stereocenters. The smallest absolute Gasteiger partial charge is 0.0667 e. The van der Waals surface area contributed by atoms with E-state index in [1.54, 1.807) is 11.8 Å². The molecule has 0 aliphatic carbocycles. The van der Waals surface area contributed by atoms with Crippen LogP contribution >= 0.6 is 11.8 Å². The lowest BCUT2D eigenvalue weighted by Crippen LogP contribution is -2.27. The van der Waals surface area contributed by atoms with Crippen LogP contribution in [0.4, 0.5) is 0 Å². The molecule has 0 saturated carbocycles. The monoisotopic (exact) mass is 115 g/mol. The van der Waals surface area contributed by atoms with Gasteiger partial charge in [-0.3, -0.25) is 0 Å². The van der Waals surface area contributed by atoms with Crippen molar-refractivity contribution in [1.29, 1.82) is 0 Å². The summed E-state index contributed by atoms with van der Waals surface area (Å²) in [7, 11) is 0. The van der Waals surface area contributed by atoms with E-state index in [1.165, 1.54) is 0 Å². The van der Waals surface area contributed by atoms with Gasteiger partial charge < -0.3 is 5.73 Å². The summed E-state index contributed by atoms with van der Waals surface area (Å²) in [6.07, 6.45) is 3.11. The van der Waals surface area contributed by atoms with Crippen molar-refractivity contribution in [2.45, 2.75) is 18.2 Å². The minimum absolute atomic E-state index is 0.000000000000000222. The first kappa shape index (κ1) is 5.19. The lowest BCUT2D eigenvalue weighted by Gasteiger charge is -2.13. The second-order valence-electron chi connectivity index (χ2n) is 2.01. The van der Waals surface area contributed by atoms with E-state index in [9.17, 15) is 0 Å². The number of hydrogen-bond donors (Lipinski definition) is 1. The normalized spacial score (nSPS) is 39.7. The Labute approximate surface area is 48.0 Å². The summed E-state index contributed by atoms with van der Waals surface area (Å²) in [6, 6.07) is 0. The molecule has 0 aromatic carbocycles. The van der Waals surface area contributed by atoms with Crippen molar-refractivity contribution in [3.05, 3.63) is 11.5 Å². The Balaban J connectivity index is 2.49. The molecular weight excluding hydrogens is 106 g/mol. The van der Waals surface area contributed by atoms with Crippen molar-refractivity contribution in [2.75, 3.05) is 0 Å². The molecule has 0 bridgehead atoms. The van der Waals surface area contributed by atoms with Gasteiger partial charge in [-0.25, -0.2) is 0 Å². The van der Waals surface area contributed by atoms with Crippen LogP contribution in [0, 0.1) is 0 Å². The van der Waals surface area contributed by atoms with E-state index in [-0.39, 0.29) is 4.87 Å². The Morgan fingerprint density at radius 1 is 1.86 bits per heavy atom. The number of hydrogen-bond acceptors (Lipinski definition) is 2. The molecule has 0 amide bonds. The van der Waals surface area contributed by atoms with E-state index in [4.69, 9.17) is 5.73 Å². The molecule has 40 valence electrons. The van der Waals surface area contributed by atoms with E-state index in [2.05, 4.69) is 11.5 Å². The number of nitrogens with two attached hydrogens (primary N) is 1. The standard InChI is InChI=1S/C5H9NS/c1-5(6)3-2-4-7-5/h2,4H,3,6H2,1H3. The highest BCUT2D eigenvalue weighted by Gasteiger charge is 2.18. The van der Waals surface area contributed by atoms with E-state index in [1.807, 2.05) is 6.92 Å². The molecule has 0 aromatic heterocycles. The van der Waals surface area contributed by atoms with E-state index >= 15 is 0 Å². The lowest BCUT2D eigenvalue weighted by atomic mass is 10.2. The first-order chi connectivity index (χ1) is 3.21. The van der Waals surface area contributed by atoms with Gasteiger partial charge in [0.2, 0.25) is 0 Å². The van der Waals surface area contributed by atoms with Crippen molar-refractivity contribution in [2.24, 2.45) is 5.73 Å². The summed E-state index contributed by atoms with van der Waals surface area (Å²) < 4.78 is 0. The maximum atomic E-state index is 5.68. The Morgan fingerprint density at radius 3 is 2.71 bits per heavy atom. The summed E-state index contributed by atoms with van der Waals surface area (Å²) in [5, 5.41) is 2.06. The van der Waals surface area contributed by atoms with Gasteiger partial charge in [-0.2, -0.15) is 0 Å². The highest BCUT2D eigenvalue weighted by atomic mass is 32.2. The van der Waals surface area contributed by atoms with Crippen molar-refractivity contribution < 1.29 is 0 Å². The third-order valence-electron chi connectivity index (χ3n) is 0.957. The Bertz CT molecular complexity index is 86.3. The van der Waals surface area contributed by atoms with Gasteiger partial charge in [-0.05, 0) is 18.8 Å². The minimum atomic E-state index is 0.000000000000000222. The predicted octanol–water partition coefficient (Wildman–Crippen LogP) is 1.31. The molecule has 0 radical (unpaired) electrons. The van der Waals surface area contributed by atoms with Gasteiger partial charge in [-0.1, -0.05) is 6.08 Å². The fourth-order valence-electron chi connectivity index (χ4n) is 0.534. The Hall–Kier alpha value is 0.0500. The summed E-state index contributed by atoms with van der Waals surface area (Å²) >= 11 is 1.70. The molecule has 2 N–H and O–H groups in total. The maximum Gasteiger partial charge on any atom is 0.0667 e. The highest BCUT2D eigenvalue weighted by Crippen LogP contribution is 2.30. The molecule has 1 aliphatic rings. The summed E-state index contributed by atoms with van der Waals surface area (Å²) in [6.45, 7) is 2.04. The fraction of sp³-hybridized carbons (Fsp3) is 0.600. The minimum Gasteiger partial charge on any atom is -0.317 e. The van der Waals surface area contributed by atoms with Gasteiger partial charge in [0.05, 0.1) is 4.87 Å². The molecule has 1 aliphatic heterocycles. The first-order valence-electron chi connectivity index (χ1n) is 2.32. The molecule has 1 heterocycles. The summed E-state index contributed by atoms with van der Waals surface area (Å²) in [5.41, 5.74) is 5.68. The van der Waals surface area contributed by atoms with Crippen LogP contribution in [-0.2, 0) is 0 Å². The van der Waals surface area contributed by atoms with Crippen LogP contribution in [-0.4, -0.2) is 4.87 Å². The third-order valence-corrected chi connectivity index (χ3v) is 1.99. The summed E-state index contributed by atoms with van der Waals surface area (Å²) in [5.74, 6) is 0. The average molecular weight is 115 g/mol. The Morgan fingerprint density at radius 2 is 2.57 bits per heavy atom. The van der Waals surface area contributed by atoms with Crippen LogP contribution in [0.5, 0.6) is 0 Å². The van der Waals surface area contributed by atoms with E-state index < -0.39 is 0 Å². The molecule has 0 aromatic rings. The molecule has 1 atom stereocenters. The molecule has 2 heteroatoms. The van der Waals surface area contributed by atoms with Crippen molar-refractivity contribution in [1.82, 2.24) is 0 Å². The molecule has 1 nitrogen and oxygen atoms in total. The fourth-order valence-corrected chi connectivity index (χ4v) is 1.23. The van der Waals surface area contributed by atoms with Gasteiger partial charge >= 0.3 is 0 Å². The molecule has 7 heavy (non-hydrogen) atoms. The number of thioether (sulfide) groups is 1. The predicted molar refractivity (Wildman–Crippen MR) is 33.9 cm³/mol. The zero-order valence-corrected chi connectivity index (χ0v) is 5.16. The number of rotatable bonds is 0. The van der Waals surface area contributed by atoms with Crippen LogP contribution < -0.4 is 5.73 Å². The molecule has 0 spiro atoms. The van der Waals surface area contributed by atoms with E-state index in [0.29, 0.717) is 0 Å². The first-order valence-corrected chi connectivity index (χ1v) is 3.20. The quantitative estimate of drug-likeness (QED) is 0.515. The van der Waals surface area contributed by atoms with Crippen LogP contribution in [0.3, 0.4) is 0 Å². The zero-order valence-electron chi connectivity index (χ0n) is 4.35. The SMILES string of the molecule is CC1(N)CC=CS1. The van der Waals surface area contributed by atoms with E-state index in [0.717, 1.165) is 6.42 Å². The lowest BCUT2D eigenvalue weighted by molar-refractivity contribution is 0.701. The average Bonchev–Trinajstić information content (AvgIpc) is 1.84. The molecule has 0 fully saturated rings. The van der Waals surface area contributed by atoms with Crippen molar-refractivity contribution in [3.63, 3.8) is 0 Å². The van der Waals surface area contributed by atoms with Crippen LogP contribution in [0.2, 0.25) is 0 Å². The second kappa shape index (κ2) is 1.53. The highest BCUT2D eigenvalue weighted by molar-refractivity contribution is 8.03. The topological polar surface area (TPSA) is 26.0 Å². The van der Waals surface area contributed by atoms with Gasteiger partial charge in [-0.15, -0.1) is 11.8 Å². The van der Waals surface area contributed by atoms with Gasteiger partial charge in [0, 0.05) is 0 Å². The molecular formula is C5H9NS. The van der Waals surface area contributed by atoms with Crippen molar-refractivity contribution in [3.8, 4) is 0 Å². The van der Waals surface area contributed by atoms with Crippen LogP contribution in [0.1, 0.15) is 13.3 Å². The van der Waals surface area contributed by atoms with Gasteiger partial charge in [0.15, 0.2) is 0 Å². The zero-order chi connectivity index (χ0) is 5.33.